The Morgan fingerprint density at radius 2 is 1.96 bits per heavy atom. The molecule has 1 aromatic carbocycles. The van der Waals surface area contributed by atoms with Crippen molar-refractivity contribution in [2.24, 2.45) is 0 Å². The van der Waals surface area contributed by atoms with E-state index in [0.29, 0.717) is 10.8 Å². The molecule has 24 heavy (non-hydrogen) atoms. The SMILES string of the molecule is O=C(/C=C\c1ccncc1)Oc1ccc(Cl)cc1C1SCCCS1. The average Bonchev–Trinajstić information content (AvgIpc) is 2.63. The van der Waals surface area contributed by atoms with E-state index in [-0.39, 0.29) is 4.58 Å². The first kappa shape index (κ1) is 17.4. The molecular weight excluding hydrogens is 362 g/mol. The molecule has 0 radical (unpaired) electrons. The van der Waals surface area contributed by atoms with E-state index < -0.39 is 5.97 Å². The molecule has 1 saturated heterocycles. The molecule has 124 valence electrons. The molecular formula is C18H16ClNO2S2. The van der Waals surface area contributed by atoms with Crippen molar-refractivity contribution in [3.8, 4) is 5.75 Å². The van der Waals surface area contributed by atoms with Crippen LogP contribution in [-0.4, -0.2) is 22.5 Å². The number of nitrogens with zero attached hydrogens (tertiary/aromatic N) is 1. The maximum absolute atomic E-state index is 12.1. The van der Waals surface area contributed by atoms with Crippen molar-refractivity contribution in [3.05, 3.63) is 65.0 Å². The van der Waals surface area contributed by atoms with E-state index >= 15 is 0 Å². The minimum atomic E-state index is -0.402. The van der Waals surface area contributed by atoms with Crippen molar-refractivity contribution >= 4 is 47.2 Å². The maximum atomic E-state index is 12.1. The molecule has 3 rings (SSSR count). The first-order chi connectivity index (χ1) is 11.7. The number of hydrogen-bond acceptors (Lipinski definition) is 5. The zero-order valence-electron chi connectivity index (χ0n) is 12.9. The van der Waals surface area contributed by atoms with Gasteiger partial charge in [-0.25, -0.2) is 4.79 Å². The molecule has 0 N–H and O–H groups in total. The summed E-state index contributed by atoms with van der Waals surface area (Å²) in [7, 11) is 0. The summed E-state index contributed by atoms with van der Waals surface area (Å²) in [5.41, 5.74) is 1.87. The molecule has 0 saturated carbocycles. The average molecular weight is 378 g/mol. The van der Waals surface area contributed by atoms with E-state index in [1.54, 1.807) is 30.6 Å². The third kappa shape index (κ3) is 4.79. The highest BCUT2D eigenvalue weighted by Gasteiger charge is 2.21. The summed E-state index contributed by atoms with van der Waals surface area (Å²) >= 11 is 9.86. The van der Waals surface area contributed by atoms with Gasteiger partial charge in [0.05, 0.1) is 4.58 Å². The van der Waals surface area contributed by atoms with Gasteiger partial charge in [0.15, 0.2) is 0 Å². The van der Waals surface area contributed by atoms with Crippen LogP contribution in [-0.2, 0) is 4.79 Å². The molecule has 1 aliphatic rings. The van der Waals surface area contributed by atoms with Crippen molar-refractivity contribution in [1.82, 2.24) is 4.98 Å². The molecule has 0 aliphatic carbocycles. The number of thioether (sulfide) groups is 2. The molecule has 0 bridgehead atoms. The number of hydrogen-bond donors (Lipinski definition) is 0. The molecule has 6 heteroatoms. The zero-order valence-corrected chi connectivity index (χ0v) is 15.2. The summed E-state index contributed by atoms with van der Waals surface area (Å²) in [6.45, 7) is 0. The van der Waals surface area contributed by atoms with Crippen LogP contribution in [0.2, 0.25) is 5.02 Å². The fourth-order valence-electron chi connectivity index (χ4n) is 2.25. The van der Waals surface area contributed by atoms with Crippen LogP contribution in [0.15, 0.2) is 48.8 Å². The monoisotopic (exact) mass is 377 g/mol. The van der Waals surface area contributed by atoms with Crippen molar-refractivity contribution < 1.29 is 9.53 Å². The molecule has 2 aromatic rings. The Labute approximate surface area is 154 Å². The Hall–Kier alpha value is -1.43. The second kappa shape index (κ2) is 8.60. The van der Waals surface area contributed by atoms with Crippen LogP contribution in [0, 0.1) is 0 Å². The number of benzene rings is 1. The van der Waals surface area contributed by atoms with Gasteiger partial charge in [-0.05, 0) is 59.9 Å². The quantitative estimate of drug-likeness (QED) is 0.415. The van der Waals surface area contributed by atoms with E-state index in [4.69, 9.17) is 16.3 Å². The van der Waals surface area contributed by atoms with Crippen LogP contribution < -0.4 is 4.74 Å². The lowest BCUT2D eigenvalue weighted by Crippen LogP contribution is -2.08. The van der Waals surface area contributed by atoms with Gasteiger partial charge >= 0.3 is 5.97 Å². The van der Waals surface area contributed by atoms with Gasteiger partial charge in [-0.1, -0.05) is 11.6 Å². The lowest BCUT2D eigenvalue weighted by Gasteiger charge is -2.23. The Bertz CT molecular complexity index is 731. The van der Waals surface area contributed by atoms with Gasteiger partial charge in [-0.2, -0.15) is 0 Å². The lowest BCUT2D eigenvalue weighted by atomic mass is 10.2. The first-order valence-corrected chi connectivity index (χ1v) is 10.0. The summed E-state index contributed by atoms with van der Waals surface area (Å²) in [6, 6.07) is 9.07. The molecule has 0 amide bonds. The Kier molecular flexibility index (Phi) is 6.24. The molecule has 3 nitrogen and oxygen atoms in total. The van der Waals surface area contributed by atoms with Crippen LogP contribution in [0.4, 0.5) is 0 Å². The fourth-order valence-corrected chi connectivity index (χ4v) is 5.35. The summed E-state index contributed by atoms with van der Waals surface area (Å²) in [5.74, 6) is 2.40. The molecule has 1 aromatic heterocycles. The summed E-state index contributed by atoms with van der Waals surface area (Å²) in [6.07, 6.45) is 7.70. The second-order valence-electron chi connectivity index (χ2n) is 5.14. The van der Waals surface area contributed by atoms with Gasteiger partial charge in [0.1, 0.15) is 5.75 Å². The number of carbonyl (C=O) groups excluding carboxylic acids is 1. The molecule has 1 fully saturated rings. The van der Waals surface area contributed by atoms with Crippen LogP contribution in [0.3, 0.4) is 0 Å². The third-order valence-electron chi connectivity index (χ3n) is 3.38. The Morgan fingerprint density at radius 3 is 2.71 bits per heavy atom. The third-order valence-corrected chi connectivity index (χ3v) is 6.60. The number of esters is 1. The topological polar surface area (TPSA) is 39.2 Å². The number of halogens is 1. The normalized spacial score (nSPS) is 15.5. The molecule has 0 spiro atoms. The highest BCUT2D eigenvalue weighted by atomic mass is 35.5. The van der Waals surface area contributed by atoms with Crippen molar-refractivity contribution in [3.63, 3.8) is 0 Å². The van der Waals surface area contributed by atoms with Gasteiger partial charge in [-0.3, -0.25) is 4.98 Å². The van der Waals surface area contributed by atoms with E-state index in [1.165, 1.54) is 12.5 Å². The lowest BCUT2D eigenvalue weighted by molar-refractivity contribution is -0.128. The Morgan fingerprint density at radius 1 is 1.21 bits per heavy atom. The summed E-state index contributed by atoms with van der Waals surface area (Å²) < 4.78 is 5.80. The maximum Gasteiger partial charge on any atom is 0.336 e. The standard InChI is InChI=1S/C18H16ClNO2S2/c19-14-3-4-16(15(12-14)18-23-10-1-11-24-18)22-17(21)5-2-13-6-8-20-9-7-13/h2-9,12,18H,1,10-11H2/b5-2-. The summed E-state index contributed by atoms with van der Waals surface area (Å²) in [4.78, 5) is 16.1. The molecule has 2 heterocycles. The number of ether oxygens (including phenoxy) is 1. The van der Waals surface area contributed by atoms with Crippen LogP contribution in [0.25, 0.3) is 6.08 Å². The van der Waals surface area contributed by atoms with E-state index in [9.17, 15) is 4.79 Å². The van der Waals surface area contributed by atoms with Crippen LogP contribution in [0.1, 0.15) is 22.1 Å². The van der Waals surface area contributed by atoms with Gasteiger partial charge < -0.3 is 4.74 Å². The van der Waals surface area contributed by atoms with Crippen LogP contribution in [0.5, 0.6) is 5.75 Å². The fraction of sp³-hybridized carbons (Fsp3) is 0.222. The van der Waals surface area contributed by atoms with E-state index in [2.05, 4.69) is 4.98 Å². The smallest absolute Gasteiger partial charge is 0.336 e. The minimum absolute atomic E-state index is 0.254. The largest absolute Gasteiger partial charge is 0.423 e. The molecule has 0 atom stereocenters. The predicted molar refractivity (Wildman–Crippen MR) is 103 cm³/mol. The second-order valence-corrected chi connectivity index (χ2v) is 8.30. The number of rotatable bonds is 4. The minimum Gasteiger partial charge on any atom is -0.423 e. The van der Waals surface area contributed by atoms with E-state index in [1.807, 2.05) is 41.7 Å². The van der Waals surface area contributed by atoms with Gasteiger partial charge in [-0.15, -0.1) is 23.5 Å². The number of aromatic nitrogens is 1. The van der Waals surface area contributed by atoms with Crippen molar-refractivity contribution in [2.75, 3.05) is 11.5 Å². The van der Waals surface area contributed by atoms with Crippen molar-refractivity contribution in [1.29, 1.82) is 0 Å². The number of pyridine rings is 1. The highest BCUT2D eigenvalue weighted by Crippen LogP contribution is 2.47. The van der Waals surface area contributed by atoms with Crippen LogP contribution >= 0.6 is 35.1 Å². The first-order valence-electron chi connectivity index (χ1n) is 7.55. The predicted octanol–water partition coefficient (Wildman–Crippen LogP) is 5.22. The van der Waals surface area contributed by atoms with Gasteiger partial charge in [0, 0.05) is 29.1 Å². The van der Waals surface area contributed by atoms with Gasteiger partial charge in [0.2, 0.25) is 0 Å². The molecule has 1 aliphatic heterocycles. The molecule has 0 unspecified atom stereocenters. The summed E-state index contributed by atoms with van der Waals surface area (Å²) in [5, 5.41) is 0.656. The van der Waals surface area contributed by atoms with E-state index in [0.717, 1.165) is 22.6 Å². The zero-order chi connectivity index (χ0) is 16.8. The Balaban J connectivity index is 1.74. The number of carbonyl (C=O) groups is 1. The highest BCUT2D eigenvalue weighted by molar-refractivity contribution is 8.16. The van der Waals surface area contributed by atoms with Gasteiger partial charge in [0.25, 0.3) is 0 Å². The van der Waals surface area contributed by atoms with Crippen molar-refractivity contribution in [2.45, 2.75) is 11.0 Å².